The van der Waals surface area contributed by atoms with Crippen LogP contribution in [0.4, 0.5) is 0 Å². The van der Waals surface area contributed by atoms with Crippen molar-refractivity contribution in [2.75, 3.05) is 40.5 Å². The summed E-state index contributed by atoms with van der Waals surface area (Å²) >= 11 is 0. The van der Waals surface area contributed by atoms with Crippen molar-refractivity contribution in [1.29, 1.82) is 0 Å². The third-order valence-electron chi connectivity index (χ3n) is 15.5. The molecule has 0 spiro atoms. The van der Waals surface area contributed by atoms with Crippen molar-refractivity contribution >= 4 is 17.3 Å². The Hall–Kier alpha value is -2.29. The molecule has 4 fully saturated rings. The first-order chi connectivity index (χ1) is 33.5. The van der Waals surface area contributed by atoms with Crippen LogP contribution < -0.4 is 5.32 Å². The molecule has 5 rings (SSSR count). The van der Waals surface area contributed by atoms with Crippen LogP contribution in [0.15, 0.2) is 30.3 Å². The van der Waals surface area contributed by atoms with E-state index in [-0.39, 0.29) is 97.3 Å². The number of ketones is 3. The predicted octanol–water partition coefficient (Wildman–Crippen LogP) is 3.89. The number of rotatable bonds is 29. The SMILES string of the molecule is CC(=O)CC(CC[C@H]1C(O)[C@@H](CO)O[C@H]1C)CC(=O)CCCC[C@H]1C(O)[C@@H](CO)O[C@H]1C.CC[C@H]1O[C@@H](C)[C@@H](CCC(CCC(=O)CC[C@H]2C(O)[C@@H](CO)O[C@H]2Cc2ccccc2)CNC)C1O.CO. The van der Waals surface area contributed by atoms with E-state index in [0.717, 1.165) is 64.2 Å². The van der Waals surface area contributed by atoms with Crippen molar-refractivity contribution < 1.29 is 74.2 Å². The van der Waals surface area contributed by atoms with E-state index < -0.39 is 42.7 Å². The minimum atomic E-state index is -0.762. The van der Waals surface area contributed by atoms with Crippen LogP contribution in [0.1, 0.15) is 136 Å². The molecule has 4 aliphatic heterocycles. The van der Waals surface area contributed by atoms with Crippen LogP contribution in [-0.4, -0.2) is 172 Å². The van der Waals surface area contributed by atoms with E-state index in [1.807, 2.05) is 65.1 Å². The van der Waals surface area contributed by atoms with E-state index in [0.29, 0.717) is 63.7 Å². The number of carbonyl (C=O) groups is 3. The normalized spacial score (nSPS) is 33.5. The molecule has 18 atom stereocenters. The van der Waals surface area contributed by atoms with Crippen molar-refractivity contribution in [3.05, 3.63) is 35.9 Å². The smallest absolute Gasteiger partial charge is 0.133 e. The fraction of sp³-hybridized carbons (Fsp3) is 0.833. The number of Topliss-reactive ketones (excluding diaryl/α,β-unsaturated/α-hetero) is 3. The summed E-state index contributed by atoms with van der Waals surface area (Å²) in [5.74, 6) is 0.537. The Morgan fingerprint density at radius 3 is 1.57 bits per heavy atom. The van der Waals surface area contributed by atoms with Gasteiger partial charge in [-0.05, 0) is 123 Å². The van der Waals surface area contributed by atoms with Crippen LogP contribution in [0.5, 0.6) is 0 Å². The standard InChI is InChI=1S/C29H47NO6.C24H42O8.CH4O/c1-4-25-28(33)23(19(2)35-25)14-11-21(17-30-3)10-12-22(32)13-15-24-26(36-27(18-31)29(24)34)16-20-8-6-5-7-9-20;1-14(27)10-17(8-9-20-16(3)32-22(13-26)24(20)30)11-18(28)6-4-5-7-19-15(2)31-21(12-25)23(19)29;1-2/h5-9,19,21,23-31,33-34H,4,10-18H2,1-3H3;15-17,19-26,29-30H,4-13H2,1-3H3;2H,1H3/t19-,21?,23+,24+,25+,26-,27+,28?,29?;15-,16-,17?,19+,20+,21+,22+,23?,24?;/m00./s1. The number of benzene rings is 1. The average Bonchev–Trinajstić information content (AvgIpc) is 4.00. The van der Waals surface area contributed by atoms with Gasteiger partial charge >= 0.3 is 0 Å². The van der Waals surface area contributed by atoms with Gasteiger partial charge < -0.3 is 69.9 Å². The Balaban J connectivity index is 0.000000360. The fourth-order valence-corrected chi connectivity index (χ4v) is 11.5. The third-order valence-corrected chi connectivity index (χ3v) is 15.5. The van der Waals surface area contributed by atoms with E-state index in [1.54, 1.807) is 0 Å². The Labute approximate surface area is 418 Å². The summed E-state index contributed by atoms with van der Waals surface area (Å²) < 4.78 is 23.0. The van der Waals surface area contributed by atoms with Gasteiger partial charge in [0.1, 0.15) is 35.7 Å². The Bertz CT molecular complexity index is 1610. The van der Waals surface area contributed by atoms with E-state index in [9.17, 15) is 50.1 Å². The molecule has 70 heavy (non-hydrogen) atoms. The number of aliphatic hydroxyl groups excluding tert-OH is 8. The first-order valence-electron chi connectivity index (χ1n) is 26.4. The van der Waals surface area contributed by atoms with Crippen LogP contribution in [0.25, 0.3) is 0 Å². The lowest BCUT2D eigenvalue weighted by Crippen LogP contribution is -2.30. The Morgan fingerprint density at radius 1 is 0.571 bits per heavy atom. The first kappa shape index (κ1) is 62.0. The summed E-state index contributed by atoms with van der Waals surface area (Å²) in [4.78, 5) is 37.1. The largest absolute Gasteiger partial charge is 0.400 e. The minimum absolute atomic E-state index is 0.0301. The summed E-state index contributed by atoms with van der Waals surface area (Å²) in [6.07, 6.45) is 5.56. The summed E-state index contributed by atoms with van der Waals surface area (Å²) in [5.41, 5.74) is 1.12. The predicted molar refractivity (Wildman–Crippen MR) is 266 cm³/mol. The molecule has 0 aliphatic carbocycles. The molecule has 404 valence electrons. The molecule has 0 amide bonds. The lowest BCUT2D eigenvalue weighted by Gasteiger charge is -2.22. The number of ether oxygens (including phenoxy) is 4. The molecule has 4 aliphatic rings. The Kier molecular flexibility index (Phi) is 29.1. The van der Waals surface area contributed by atoms with E-state index >= 15 is 0 Å². The zero-order valence-corrected chi connectivity index (χ0v) is 43.4. The van der Waals surface area contributed by atoms with Crippen molar-refractivity contribution in [2.45, 2.75) is 211 Å². The molecule has 0 aromatic heterocycles. The maximum absolute atomic E-state index is 12.8. The topological polar surface area (TPSA) is 262 Å². The molecule has 16 heteroatoms. The number of nitrogens with one attached hydrogen (secondary N) is 1. The van der Waals surface area contributed by atoms with Crippen LogP contribution in [-0.2, 0) is 39.8 Å². The highest BCUT2D eigenvalue weighted by molar-refractivity contribution is 5.80. The first-order valence-corrected chi connectivity index (χ1v) is 26.4. The highest BCUT2D eigenvalue weighted by Gasteiger charge is 2.44. The van der Waals surface area contributed by atoms with Gasteiger partial charge in [0.25, 0.3) is 0 Å². The number of aliphatic hydroxyl groups is 8. The average molecular weight is 996 g/mol. The molecular weight excluding hydrogens is 903 g/mol. The summed E-state index contributed by atoms with van der Waals surface area (Å²) in [5, 5.41) is 80.3. The lowest BCUT2D eigenvalue weighted by molar-refractivity contribution is -0.122. The van der Waals surface area contributed by atoms with Gasteiger partial charge in [0, 0.05) is 62.9 Å². The van der Waals surface area contributed by atoms with Gasteiger partial charge in [-0.3, -0.25) is 9.59 Å². The summed E-state index contributed by atoms with van der Waals surface area (Å²) in [6, 6.07) is 9.99. The van der Waals surface area contributed by atoms with Gasteiger partial charge in [0.05, 0.1) is 74.8 Å². The van der Waals surface area contributed by atoms with Crippen molar-refractivity contribution in [2.24, 2.45) is 35.5 Å². The van der Waals surface area contributed by atoms with Crippen molar-refractivity contribution in [3.63, 3.8) is 0 Å². The second kappa shape index (κ2) is 32.8. The quantitative estimate of drug-likeness (QED) is 0.0516. The van der Waals surface area contributed by atoms with Crippen molar-refractivity contribution in [3.8, 4) is 0 Å². The van der Waals surface area contributed by atoms with Gasteiger partial charge in [-0.25, -0.2) is 0 Å². The minimum Gasteiger partial charge on any atom is -0.400 e. The van der Waals surface area contributed by atoms with Gasteiger partial charge in [-0.15, -0.1) is 0 Å². The monoisotopic (exact) mass is 996 g/mol. The van der Waals surface area contributed by atoms with Gasteiger partial charge in [0.2, 0.25) is 0 Å². The lowest BCUT2D eigenvalue weighted by atomic mass is 9.84. The second-order valence-corrected chi connectivity index (χ2v) is 20.6. The molecule has 1 aromatic carbocycles. The number of hydrogen-bond acceptors (Lipinski definition) is 16. The van der Waals surface area contributed by atoms with Gasteiger partial charge in [-0.1, -0.05) is 43.7 Å². The third kappa shape index (κ3) is 19.2. The molecule has 4 heterocycles. The van der Waals surface area contributed by atoms with Crippen LogP contribution in [0.3, 0.4) is 0 Å². The molecular formula is C54H93NO15. The molecule has 16 nitrogen and oxygen atoms in total. The number of unbranched alkanes of at least 4 members (excludes halogenated alkanes) is 1. The zero-order chi connectivity index (χ0) is 51.9. The maximum Gasteiger partial charge on any atom is 0.133 e. The number of hydrogen-bond donors (Lipinski definition) is 9. The van der Waals surface area contributed by atoms with E-state index in [2.05, 4.69) is 5.32 Å². The maximum atomic E-state index is 12.8. The second-order valence-electron chi connectivity index (χ2n) is 20.6. The molecule has 6 unspecified atom stereocenters. The van der Waals surface area contributed by atoms with Crippen LogP contribution >= 0.6 is 0 Å². The number of carbonyl (C=O) groups excluding carboxylic acids is 3. The Morgan fingerprint density at radius 2 is 1.07 bits per heavy atom. The van der Waals surface area contributed by atoms with Gasteiger partial charge in [-0.2, -0.15) is 0 Å². The van der Waals surface area contributed by atoms with Gasteiger partial charge in [0.15, 0.2) is 0 Å². The van der Waals surface area contributed by atoms with Crippen LogP contribution in [0.2, 0.25) is 0 Å². The van der Waals surface area contributed by atoms with Crippen LogP contribution in [0, 0.1) is 35.5 Å². The molecule has 0 bridgehead atoms. The molecule has 0 saturated carbocycles. The van der Waals surface area contributed by atoms with E-state index in [4.69, 9.17) is 24.1 Å². The highest BCUT2D eigenvalue weighted by Crippen LogP contribution is 2.37. The molecule has 9 N–H and O–H groups in total. The summed E-state index contributed by atoms with van der Waals surface area (Å²) in [6.45, 7) is 9.61. The zero-order valence-electron chi connectivity index (χ0n) is 43.4. The molecule has 4 saturated heterocycles. The summed E-state index contributed by atoms with van der Waals surface area (Å²) in [7, 11) is 2.93. The molecule has 1 aromatic rings. The highest BCUT2D eigenvalue weighted by atomic mass is 16.5. The fourth-order valence-electron chi connectivity index (χ4n) is 11.5. The van der Waals surface area contributed by atoms with Crippen molar-refractivity contribution in [1.82, 2.24) is 5.32 Å². The van der Waals surface area contributed by atoms with E-state index in [1.165, 1.54) is 6.92 Å². The molecule has 0 radical (unpaired) electrons.